The molecule has 420 valence electrons. The number of esters is 1. The first-order chi connectivity index (χ1) is 35.9. The number of imide groups is 1. The molecule has 4 heterocycles. The molecule has 4 aliphatic heterocycles. The molecule has 23 heteroatoms. The number of benzene rings is 1. The SMILES string of the molecule is COc1cc2cc(c1Cl)N(C)C(=O)C[C@H](OC(=O)[C@H](C)N(C)C(=O)CCSC1CC(=O)N(CC3CCC(C(=O)NCCCC[C@H](N)C(=O)O)CC3)C1=O)[C@]1(C)O[C@H]1[C@H](C)[C@@H]1C[C@@](O)(NC(=O)O1)[C@H](OC)/C=C/C=C(\C)C2. The Labute approximate surface area is 453 Å². The number of nitrogens with zero attached hydrogens (tertiary/aromatic N) is 3. The number of halogens is 1. The van der Waals surface area contributed by atoms with Crippen LogP contribution in [0, 0.1) is 17.8 Å². The third-order valence-electron chi connectivity index (χ3n) is 15.6. The van der Waals surface area contributed by atoms with Gasteiger partial charge in [-0.15, -0.1) is 11.8 Å². The fourth-order valence-electron chi connectivity index (χ4n) is 10.5. The Hall–Kier alpha value is -5.26. The molecule has 1 aliphatic carbocycles. The average Bonchev–Trinajstić information content (AvgIpc) is 4.01. The zero-order valence-electron chi connectivity index (χ0n) is 44.7. The van der Waals surface area contributed by atoms with Gasteiger partial charge < -0.3 is 54.7 Å². The van der Waals surface area contributed by atoms with Gasteiger partial charge in [-0.1, -0.05) is 42.3 Å². The number of aliphatic hydroxyl groups is 1. The molecular weight excluding hydrogens is 1030 g/mol. The zero-order valence-corrected chi connectivity index (χ0v) is 46.2. The van der Waals surface area contributed by atoms with Gasteiger partial charge in [0.05, 0.1) is 30.6 Å². The number of rotatable bonds is 18. The molecule has 1 aromatic rings. The van der Waals surface area contributed by atoms with Crippen molar-refractivity contribution in [3.63, 3.8) is 0 Å². The Morgan fingerprint density at radius 3 is 2.46 bits per heavy atom. The van der Waals surface area contributed by atoms with Crippen molar-refractivity contribution in [3.8, 4) is 5.75 Å². The lowest BCUT2D eigenvalue weighted by molar-refractivity contribution is -0.162. The van der Waals surface area contributed by atoms with E-state index in [2.05, 4.69) is 10.6 Å². The normalized spacial score (nSPS) is 30.9. The van der Waals surface area contributed by atoms with E-state index < -0.39 is 95.3 Å². The number of epoxide rings is 1. The van der Waals surface area contributed by atoms with E-state index in [0.717, 1.165) is 11.1 Å². The highest BCUT2D eigenvalue weighted by Crippen LogP contribution is 2.49. The summed E-state index contributed by atoms with van der Waals surface area (Å²) in [5.74, 6) is -3.68. The fraction of sp³-hybridized carbons (Fsp3) is 0.660. The summed E-state index contributed by atoms with van der Waals surface area (Å²) >= 11 is 8.02. The van der Waals surface area contributed by atoms with Crippen molar-refractivity contribution < 1.29 is 72.3 Å². The standard InChI is InChI=1S/C53H75ClN6O15S/c1-29-12-11-14-40(72-8)53(70)27-38(73-51(69)57-53)30(2)46-52(4,75-46)41(26-43(62)59(6)36-23-33(22-29)24-37(71-7)45(36)54)74-50(68)31(3)58(5)42(61)19-21-76-39-25-44(63)60(48(39)65)28-32-15-17-34(18-16-32)47(64)56-20-10-9-13-35(55)49(66)67/h11-12,14,23-24,30-32,34-35,38-41,46,70H,9-10,13,15-22,25-28,55H2,1-8H3,(H,56,64)(H,57,69)(H,66,67)/b14-11+,29-12+/t30-,31+,32?,34?,35+,38+,39?,40-,41+,46+,52+,53+/m1/s1. The molecule has 5 aliphatic rings. The van der Waals surface area contributed by atoms with E-state index >= 15 is 0 Å². The lowest BCUT2D eigenvalue weighted by Gasteiger charge is -2.42. The Bertz CT molecular complexity index is 2420. The van der Waals surface area contributed by atoms with E-state index in [1.165, 1.54) is 54.7 Å². The van der Waals surface area contributed by atoms with Crippen LogP contribution in [0.15, 0.2) is 35.9 Å². The quantitative estimate of drug-likeness (QED) is 0.0594. The summed E-state index contributed by atoms with van der Waals surface area (Å²) in [6.07, 6.45) is 4.40. The number of amides is 6. The molecular formula is C53H75ClN6O15S. The molecule has 10 atom stereocenters. The lowest BCUT2D eigenvalue weighted by Crippen LogP contribution is -2.63. The van der Waals surface area contributed by atoms with E-state index in [4.69, 9.17) is 46.1 Å². The number of alkyl carbamates (subject to hydrolysis) is 1. The molecule has 6 N–H and O–H groups in total. The number of ether oxygens (including phenoxy) is 5. The number of carboxylic acids is 1. The first kappa shape index (κ1) is 60.0. The fourth-order valence-corrected chi connectivity index (χ4v) is 11.9. The molecule has 4 fully saturated rings. The predicted molar refractivity (Wildman–Crippen MR) is 281 cm³/mol. The van der Waals surface area contributed by atoms with Crippen LogP contribution in [0.3, 0.4) is 0 Å². The van der Waals surface area contributed by atoms with Gasteiger partial charge in [-0.3, -0.25) is 39.0 Å². The van der Waals surface area contributed by atoms with Crippen molar-refractivity contribution >= 4 is 76.6 Å². The van der Waals surface area contributed by atoms with Crippen LogP contribution in [0.2, 0.25) is 5.02 Å². The number of aliphatic carboxylic acids is 1. The number of carbonyl (C=O) groups is 8. The molecule has 3 saturated heterocycles. The second kappa shape index (κ2) is 25.9. The molecule has 0 radical (unpaired) electrons. The number of carbonyl (C=O) groups excluding carboxylic acids is 7. The summed E-state index contributed by atoms with van der Waals surface area (Å²) in [5, 5.41) is 25.7. The largest absolute Gasteiger partial charge is 0.495 e. The zero-order chi connectivity index (χ0) is 55.8. The van der Waals surface area contributed by atoms with Gasteiger partial charge in [-0.05, 0) is 95.8 Å². The van der Waals surface area contributed by atoms with Crippen LogP contribution >= 0.6 is 23.4 Å². The maximum atomic E-state index is 14.4. The monoisotopic (exact) mass is 1100 g/mol. The first-order valence-corrected chi connectivity index (χ1v) is 27.4. The van der Waals surface area contributed by atoms with Crippen LogP contribution in [0.5, 0.6) is 5.75 Å². The van der Waals surface area contributed by atoms with Crippen molar-refractivity contribution in [1.29, 1.82) is 0 Å². The number of hydrogen-bond acceptors (Lipinski definition) is 16. The number of methoxy groups -OCH3 is 2. The number of nitrogens with two attached hydrogens (primary N) is 1. The number of thioether (sulfide) groups is 1. The number of carboxylic acid groups (broad SMARTS) is 1. The highest BCUT2D eigenvalue weighted by atomic mass is 35.5. The van der Waals surface area contributed by atoms with E-state index in [9.17, 15) is 43.5 Å². The summed E-state index contributed by atoms with van der Waals surface area (Å²) in [6, 6.07) is 1.47. The van der Waals surface area contributed by atoms with Crippen LogP contribution < -0.4 is 26.0 Å². The van der Waals surface area contributed by atoms with E-state index in [1.54, 1.807) is 45.2 Å². The Balaban J connectivity index is 1.07. The van der Waals surface area contributed by atoms with Gasteiger partial charge in [-0.25, -0.2) is 9.59 Å². The van der Waals surface area contributed by atoms with Crippen molar-refractivity contribution in [2.75, 3.05) is 52.1 Å². The van der Waals surface area contributed by atoms with Crippen LogP contribution in [0.4, 0.5) is 10.5 Å². The van der Waals surface area contributed by atoms with Crippen molar-refractivity contribution in [2.45, 2.75) is 158 Å². The van der Waals surface area contributed by atoms with Gasteiger partial charge in [-0.2, -0.15) is 0 Å². The van der Waals surface area contributed by atoms with Gasteiger partial charge >= 0.3 is 18.0 Å². The number of likely N-dealkylation sites (tertiary alicyclic amines) is 1. The second-order valence-corrected chi connectivity index (χ2v) is 22.7. The molecule has 0 spiro atoms. The Morgan fingerprint density at radius 2 is 1.79 bits per heavy atom. The average molecular weight is 1100 g/mol. The number of anilines is 1. The molecule has 6 amide bonds. The molecule has 76 heavy (non-hydrogen) atoms. The highest BCUT2D eigenvalue weighted by Gasteiger charge is 2.64. The maximum absolute atomic E-state index is 14.4. The van der Waals surface area contributed by atoms with Crippen molar-refractivity contribution in [3.05, 3.63) is 46.5 Å². The molecule has 4 bridgehead atoms. The molecule has 1 unspecified atom stereocenters. The number of likely N-dealkylation sites (N-methyl/N-ethyl adjacent to an activating group) is 1. The minimum absolute atomic E-state index is 0.00468. The molecule has 21 nitrogen and oxygen atoms in total. The molecule has 6 rings (SSSR count). The van der Waals surface area contributed by atoms with Crippen molar-refractivity contribution in [2.24, 2.45) is 23.5 Å². The summed E-state index contributed by atoms with van der Waals surface area (Å²) < 4.78 is 29.5. The third-order valence-corrected chi connectivity index (χ3v) is 17.2. The third kappa shape index (κ3) is 14.5. The van der Waals surface area contributed by atoms with E-state index in [1.807, 2.05) is 13.0 Å². The van der Waals surface area contributed by atoms with Crippen LogP contribution in [0.25, 0.3) is 0 Å². The first-order valence-electron chi connectivity index (χ1n) is 26.0. The van der Waals surface area contributed by atoms with E-state index in [-0.39, 0.29) is 66.1 Å². The summed E-state index contributed by atoms with van der Waals surface area (Å²) in [6.45, 7) is 7.53. The van der Waals surface area contributed by atoms with Crippen LogP contribution in [-0.2, 0) is 58.9 Å². The molecule has 1 saturated carbocycles. The smallest absolute Gasteiger partial charge is 0.409 e. The highest BCUT2D eigenvalue weighted by molar-refractivity contribution is 8.00. The van der Waals surface area contributed by atoms with Gasteiger partial charge in [0.2, 0.25) is 29.5 Å². The summed E-state index contributed by atoms with van der Waals surface area (Å²) in [7, 11) is 5.87. The Kier molecular flexibility index (Phi) is 20.5. The van der Waals surface area contributed by atoms with Crippen LogP contribution in [0.1, 0.15) is 104 Å². The number of fused-ring (bicyclic) bond motifs is 5. The van der Waals surface area contributed by atoms with Crippen molar-refractivity contribution in [1.82, 2.24) is 20.4 Å². The predicted octanol–water partition coefficient (Wildman–Crippen LogP) is 4.27. The second-order valence-electron chi connectivity index (χ2n) is 21.0. The lowest BCUT2D eigenvalue weighted by atomic mass is 9.81. The molecule has 0 aromatic heterocycles. The van der Waals surface area contributed by atoms with Crippen LogP contribution in [-0.4, -0.2) is 168 Å². The molecule has 1 aromatic carbocycles. The van der Waals surface area contributed by atoms with Gasteiger partial charge in [0, 0.05) is 71.1 Å². The minimum Gasteiger partial charge on any atom is -0.495 e. The number of unbranched alkanes of at least 4 members (excludes halogenated alkanes) is 1. The topological polar surface area (TPSA) is 286 Å². The Morgan fingerprint density at radius 1 is 1.08 bits per heavy atom. The van der Waals surface area contributed by atoms with E-state index in [0.29, 0.717) is 69.3 Å². The van der Waals surface area contributed by atoms with Gasteiger partial charge in [0.1, 0.15) is 46.8 Å². The number of nitrogens with one attached hydrogen (secondary N) is 2. The van der Waals surface area contributed by atoms with Gasteiger partial charge in [0.15, 0.2) is 5.72 Å². The summed E-state index contributed by atoms with van der Waals surface area (Å²) in [4.78, 5) is 109. The number of hydrogen-bond donors (Lipinski definition) is 5. The minimum atomic E-state index is -1.89. The van der Waals surface area contributed by atoms with Gasteiger partial charge in [0.25, 0.3) is 0 Å². The summed E-state index contributed by atoms with van der Waals surface area (Å²) in [5.41, 5.74) is 4.34. The maximum Gasteiger partial charge on any atom is 0.409 e. The number of allylic oxidation sites excluding steroid dienone is 3.